The minimum atomic E-state index is -2.08. The average molecular weight is 317 g/mol. The van der Waals surface area contributed by atoms with Gasteiger partial charge in [-0.3, -0.25) is 4.79 Å². The Morgan fingerprint density at radius 3 is 2.86 bits per heavy atom. The van der Waals surface area contributed by atoms with Gasteiger partial charge in [0.2, 0.25) is 5.91 Å². The van der Waals surface area contributed by atoms with Gasteiger partial charge >= 0.3 is 8.25 Å². The lowest BCUT2D eigenvalue weighted by Crippen LogP contribution is -2.29. The topological polar surface area (TPSA) is 77.1 Å². The van der Waals surface area contributed by atoms with E-state index in [0.29, 0.717) is 5.57 Å². The number of carbonyl (C=O) groups is 1. The van der Waals surface area contributed by atoms with Crippen molar-refractivity contribution >= 4 is 14.2 Å². The summed E-state index contributed by atoms with van der Waals surface area (Å²) in [6.45, 7) is 5.66. The van der Waals surface area contributed by atoms with Crippen molar-refractivity contribution < 1.29 is 23.1 Å². The number of hydrogen-bond donors (Lipinski definition) is 1. The molecule has 3 unspecified atom stereocenters. The molecule has 1 rings (SSSR count). The maximum absolute atomic E-state index is 11.5. The number of nitrogens with one attached hydrogen (secondary N) is 1. The number of likely N-dealkylation sites (N-methyl/N-ethyl adjacent to an activating group) is 1. The van der Waals surface area contributed by atoms with Gasteiger partial charge < -0.3 is 15.0 Å². The molecular weight excluding hydrogens is 295 g/mol. The van der Waals surface area contributed by atoms with Gasteiger partial charge in [0.15, 0.2) is 0 Å². The molecule has 0 radical (unpaired) electrons. The second-order valence-corrected chi connectivity index (χ2v) is 5.58. The standard InChI is InChI=1S/C13H21N2O5P/c1-5-15(8-10(2)13(16)14-3)12-7-6-11(20-12)9-19-21(17)18-4/h5,8,11-12H,1,6-7,9H2,2-4H3/p+1/b10-8-. The van der Waals surface area contributed by atoms with Crippen molar-refractivity contribution in [3.8, 4) is 0 Å². The summed E-state index contributed by atoms with van der Waals surface area (Å²) < 4.78 is 26.4. The fraction of sp³-hybridized carbons (Fsp3) is 0.615. The Hall–Kier alpha value is -1.27. The van der Waals surface area contributed by atoms with Crippen molar-refractivity contribution in [2.75, 3.05) is 20.8 Å². The fourth-order valence-corrected chi connectivity index (χ4v) is 2.35. The Bertz CT molecular complexity index is 427. The van der Waals surface area contributed by atoms with Crippen LogP contribution in [0.4, 0.5) is 0 Å². The molecule has 1 aliphatic rings. The van der Waals surface area contributed by atoms with E-state index in [-0.39, 0.29) is 24.8 Å². The third-order valence-corrected chi connectivity index (χ3v) is 3.73. The van der Waals surface area contributed by atoms with E-state index in [1.54, 1.807) is 31.3 Å². The predicted octanol–water partition coefficient (Wildman–Crippen LogP) is 1.91. The van der Waals surface area contributed by atoms with Crippen molar-refractivity contribution in [3.63, 3.8) is 0 Å². The van der Waals surface area contributed by atoms with Crippen LogP contribution in [-0.2, 0) is 23.1 Å². The van der Waals surface area contributed by atoms with Gasteiger partial charge in [-0.15, -0.1) is 9.05 Å². The SMILES string of the molecule is C=CN(/C=C(/C)C(=O)NC)C1CCC(CO[P+](=O)OC)O1. The third kappa shape index (κ3) is 5.55. The van der Waals surface area contributed by atoms with Crippen LogP contribution in [0.3, 0.4) is 0 Å². The second kappa shape index (κ2) is 8.89. The van der Waals surface area contributed by atoms with Gasteiger partial charge in [0.05, 0.1) is 13.2 Å². The highest BCUT2D eigenvalue weighted by Gasteiger charge is 2.31. The summed E-state index contributed by atoms with van der Waals surface area (Å²) in [4.78, 5) is 13.3. The van der Waals surface area contributed by atoms with Crippen LogP contribution < -0.4 is 5.32 Å². The molecular formula is C13H22N2O5P+. The number of ether oxygens (including phenoxy) is 1. The molecule has 0 aromatic rings. The number of nitrogens with zero attached hydrogens (tertiary/aromatic N) is 1. The molecule has 1 fully saturated rings. The van der Waals surface area contributed by atoms with E-state index in [1.165, 1.54) is 7.11 Å². The molecule has 0 saturated carbocycles. The minimum Gasteiger partial charge on any atom is -0.355 e. The zero-order valence-electron chi connectivity index (χ0n) is 12.6. The summed E-state index contributed by atoms with van der Waals surface area (Å²) in [6, 6.07) is 0. The first-order chi connectivity index (χ1) is 10.0. The molecule has 0 aromatic heterocycles. The van der Waals surface area contributed by atoms with Gasteiger partial charge in [-0.25, -0.2) is 0 Å². The quantitative estimate of drug-likeness (QED) is 0.544. The van der Waals surface area contributed by atoms with Crippen LogP contribution in [0.15, 0.2) is 24.6 Å². The Balaban J connectivity index is 2.55. The Kier molecular flexibility index (Phi) is 7.53. The van der Waals surface area contributed by atoms with Crippen molar-refractivity contribution in [1.82, 2.24) is 10.2 Å². The lowest BCUT2D eigenvalue weighted by atomic mass is 10.2. The highest BCUT2D eigenvalue weighted by atomic mass is 31.1. The van der Waals surface area contributed by atoms with Crippen LogP contribution in [-0.4, -0.2) is 43.9 Å². The highest BCUT2D eigenvalue weighted by Crippen LogP contribution is 2.28. The number of amides is 1. The summed E-state index contributed by atoms with van der Waals surface area (Å²) in [5.74, 6) is -0.156. The lowest BCUT2D eigenvalue weighted by Gasteiger charge is -2.24. The number of rotatable bonds is 8. The zero-order valence-corrected chi connectivity index (χ0v) is 13.5. The average Bonchev–Trinajstić information content (AvgIpc) is 2.97. The molecule has 1 saturated heterocycles. The minimum absolute atomic E-state index is 0.153. The highest BCUT2D eigenvalue weighted by molar-refractivity contribution is 7.33. The van der Waals surface area contributed by atoms with E-state index < -0.39 is 8.25 Å². The van der Waals surface area contributed by atoms with Gasteiger partial charge in [0.25, 0.3) is 0 Å². The van der Waals surface area contributed by atoms with Crippen LogP contribution in [0.25, 0.3) is 0 Å². The van der Waals surface area contributed by atoms with Crippen molar-refractivity contribution in [2.24, 2.45) is 0 Å². The second-order valence-electron chi connectivity index (χ2n) is 4.51. The van der Waals surface area contributed by atoms with Crippen molar-refractivity contribution in [3.05, 3.63) is 24.6 Å². The third-order valence-electron chi connectivity index (χ3n) is 3.07. The predicted molar refractivity (Wildman–Crippen MR) is 78.3 cm³/mol. The Morgan fingerprint density at radius 1 is 1.57 bits per heavy atom. The smallest absolute Gasteiger partial charge is 0.355 e. The molecule has 1 heterocycles. The van der Waals surface area contributed by atoms with Crippen molar-refractivity contribution in [2.45, 2.75) is 32.1 Å². The molecule has 7 nitrogen and oxygen atoms in total. The number of carbonyl (C=O) groups excluding carboxylic acids is 1. The summed E-state index contributed by atoms with van der Waals surface area (Å²) in [5, 5.41) is 2.56. The Labute approximate surface area is 125 Å². The molecule has 3 atom stereocenters. The van der Waals surface area contributed by atoms with E-state index in [4.69, 9.17) is 9.26 Å². The van der Waals surface area contributed by atoms with E-state index >= 15 is 0 Å². The Morgan fingerprint density at radius 2 is 2.29 bits per heavy atom. The van der Waals surface area contributed by atoms with Gasteiger partial charge in [0.1, 0.15) is 12.8 Å². The first kappa shape index (κ1) is 17.8. The zero-order chi connectivity index (χ0) is 15.8. The van der Waals surface area contributed by atoms with Gasteiger partial charge in [0, 0.05) is 23.4 Å². The molecule has 21 heavy (non-hydrogen) atoms. The van der Waals surface area contributed by atoms with Crippen LogP contribution in [0, 0.1) is 0 Å². The van der Waals surface area contributed by atoms with E-state index in [1.807, 2.05) is 0 Å². The van der Waals surface area contributed by atoms with Crippen LogP contribution in [0.2, 0.25) is 0 Å². The number of hydrogen-bond acceptors (Lipinski definition) is 6. The van der Waals surface area contributed by atoms with E-state index in [0.717, 1.165) is 12.8 Å². The van der Waals surface area contributed by atoms with Crippen molar-refractivity contribution in [1.29, 1.82) is 0 Å². The molecule has 1 amide bonds. The first-order valence-electron chi connectivity index (χ1n) is 6.62. The fourth-order valence-electron chi connectivity index (χ4n) is 1.96. The maximum Gasteiger partial charge on any atom is 0.697 e. The molecule has 8 heteroatoms. The molecule has 0 bridgehead atoms. The molecule has 0 aromatic carbocycles. The summed E-state index contributed by atoms with van der Waals surface area (Å²) in [5.41, 5.74) is 0.558. The van der Waals surface area contributed by atoms with Gasteiger partial charge in [-0.2, -0.15) is 0 Å². The van der Waals surface area contributed by atoms with Crippen LogP contribution in [0.1, 0.15) is 19.8 Å². The van der Waals surface area contributed by atoms with Crippen LogP contribution >= 0.6 is 8.25 Å². The summed E-state index contributed by atoms with van der Waals surface area (Å²) >= 11 is 0. The summed E-state index contributed by atoms with van der Waals surface area (Å²) in [6.07, 6.45) is 4.47. The van der Waals surface area contributed by atoms with E-state index in [9.17, 15) is 9.36 Å². The summed E-state index contributed by atoms with van der Waals surface area (Å²) in [7, 11) is 0.819. The van der Waals surface area contributed by atoms with Gasteiger partial charge in [-0.05, 0) is 26.0 Å². The molecule has 118 valence electrons. The van der Waals surface area contributed by atoms with E-state index in [2.05, 4.69) is 16.4 Å². The lowest BCUT2D eigenvalue weighted by molar-refractivity contribution is -0.117. The van der Waals surface area contributed by atoms with Crippen LogP contribution in [0.5, 0.6) is 0 Å². The largest absolute Gasteiger partial charge is 0.697 e. The molecule has 1 aliphatic heterocycles. The maximum atomic E-state index is 11.5. The monoisotopic (exact) mass is 317 g/mol. The molecule has 1 N–H and O–H groups in total. The first-order valence-corrected chi connectivity index (χ1v) is 7.71. The normalized spacial score (nSPS) is 22.8. The van der Waals surface area contributed by atoms with Gasteiger partial charge in [-0.1, -0.05) is 6.58 Å². The molecule has 0 aliphatic carbocycles. The molecule has 0 spiro atoms.